The molecule has 4 fully saturated rings. The van der Waals surface area contributed by atoms with Gasteiger partial charge in [-0.1, -0.05) is 0 Å². The molecule has 0 atom stereocenters. The van der Waals surface area contributed by atoms with E-state index >= 15 is 0 Å². The molecule has 4 aliphatic rings. The van der Waals surface area contributed by atoms with E-state index in [2.05, 4.69) is 17.7 Å². The van der Waals surface area contributed by atoms with E-state index in [-0.39, 0.29) is 0 Å². The molecule has 0 N–H and O–H groups in total. The Kier molecular flexibility index (Phi) is 1.34. The van der Waals surface area contributed by atoms with Gasteiger partial charge in [0.05, 0.1) is 0 Å². The Morgan fingerprint density at radius 3 is 1.45 bits per heavy atom. The fourth-order valence-electron chi connectivity index (χ4n) is 4.54. The Balaban J connectivity index is 1.94. The van der Waals surface area contributed by atoms with Crippen LogP contribution in [0.4, 0.5) is 0 Å². The van der Waals surface area contributed by atoms with Crippen molar-refractivity contribution in [1.29, 1.82) is 0 Å². The molecule has 1 heteroatoms. The van der Waals surface area contributed by atoms with Crippen LogP contribution in [0.2, 0.25) is 4.09 Å². The van der Waals surface area contributed by atoms with E-state index < -0.39 is 0 Å². The van der Waals surface area contributed by atoms with E-state index in [4.69, 9.17) is 0 Å². The molecule has 0 saturated heterocycles. The van der Waals surface area contributed by atoms with Crippen molar-refractivity contribution in [3.63, 3.8) is 0 Å². The molecule has 56 valence electrons. The van der Waals surface area contributed by atoms with Gasteiger partial charge in [-0.15, -0.1) is 0 Å². The van der Waals surface area contributed by atoms with Crippen molar-refractivity contribution in [2.45, 2.75) is 42.6 Å². The predicted molar refractivity (Wildman–Crippen MR) is 46.6 cm³/mol. The van der Waals surface area contributed by atoms with Crippen molar-refractivity contribution >= 4 is 17.7 Å². The van der Waals surface area contributed by atoms with Crippen molar-refractivity contribution in [2.75, 3.05) is 0 Å². The summed E-state index contributed by atoms with van der Waals surface area (Å²) in [5, 5.41) is 0. The quantitative estimate of drug-likeness (QED) is 0.456. The van der Waals surface area contributed by atoms with Crippen LogP contribution in [0.3, 0.4) is 0 Å². The van der Waals surface area contributed by atoms with Gasteiger partial charge < -0.3 is 0 Å². The van der Waals surface area contributed by atoms with Gasteiger partial charge in [-0.2, -0.15) is 0 Å². The van der Waals surface area contributed by atoms with Crippen molar-refractivity contribution < 1.29 is 0 Å². The fraction of sp³-hybridized carbons (Fsp3) is 1.00. The third-order valence-corrected chi connectivity index (χ3v) is 4.34. The van der Waals surface area contributed by atoms with E-state index in [9.17, 15) is 0 Å². The van der Waals surface area contributed by atoms with Gasteiger partial charge in [-0.3, -0.25) is 0 Å². The molecule has 0 nitrogen and oxygen atoms in total. The van der Waals surface area contributed by atoms with Gasteiger partial charge in [0.25, 0.3) is 0 Å². The van der Waals surface area contributed by atoms with Crippen molar-refractivity contribution in [1.82, 2.24) is 0 Å². The first-order chi connectivity index (χ1) is 5.23. The monoisotopic (exact) mass is 142 g/mol. The number of hydrogen-bond donors (Lipinski definition) is 0. The Morgan fingerprint density at radius 2 is 1.18 bits per heavy atom. The van der Waals surface area contributed by atoms with Crippen LogP contribution in [0.1, 0.15) is 38.5 Å². The fourth-order valence-corrected chi connectivity index (χ4v) is 4.54. The predicted octanol–water partition coefficient (Wildman–Crippen LogP) is 2.54. The maximum absolute atomic E-state index is 2.54. The zero-order chi connectivity index (χ0) is 7.47. The second kappa shape index (κ2) is 2.09. The summed E-state index contributed by atoms with van der Waals surface area (Å²) < 4.78 is 0.800. The molecule has 0 aliphatic heterocycles. The van der Waals surface area contributed by atoms with Gasteiger partial charge in [0.15, 0.2) is 0 Å². The first kappa shape index (κ1) is 7.04. The summed E-state index contributed by atoms with van der Waals surface area (Å²) in [6.45, 7) is 0. The topological polar surface area (TPSA) is 0 Å². The molecule has 4 bridgehead atoms. The normalized spacial score (nSPS) is 60.4. The van der Waals surface area contributed by atoms with E-state index in [0.717, 1.165) is 21.8 Å². The Bertz CT molecular complexity index is 150. The summed E-state index contributed by atoms with van der Waals surface area (Å²) in [7, 11) is 0. The minimum absolute atomic E-state index is 0.800. The summed E-state index contributed by atoms with van der Waals surface area (Å²) in [5.74, 6) is 3.43. The first-order valence-corrected chi connectivity index (χ1v) is 5.23. The third kappa shape index (κ3) is 1.03. The second-order valence-electron chi connectivity index (χ2n) is 5.73. The van der Waals surface area contributed by atoms with Crippen LogP contribution >= 0.6 is 0 Å². The van der Waals surface area contributed by atoms with E-state index in [1.807, 2.05) is 0 Å². The zero-order valence-electron chi connectivity index (χ0n) is 7.47. The van der Waals surface area contributed by atoms with Crippen LogP contribution in [0.25, 0.3) is 0 Å². The third-order valence-electron chi connectivity index (χ3n) is 4.34. The van der Waals surface area contributed by atoms with E-state index in [0.29, 0.717) is 0 Å². The van der Waals surface area contributed by atoms with Gasteiger partial charge in [0.1, 0.15) is 0 Å². The maximum atomic E-state index is 2.54. The molecule has 0 radical (unpaired) electrons. The van der Waals surface area contributed by atoms with Gasteiger partial charge >= 0.3 is 78.1 Å². The molecule has 4 rings (SSSR count). The van der Waals surface area contributed by atoms with Crippen LogP contribution in [0.5, 0.6) is 0 Å². The molecule has 11 heavy (non-hydrogen) atoms. The first-order valence-electron chi connectivity index (χ1n) is 5.23. The van der Waals surface area contributed by atoms with Crippen molar-refractivity contribution in [3.8, 4) is 0 Å². The molecule has 4 aliphatic carbocycles. The molecule has 0 aromatic rings. The summed E-state index contributed by atoms with van der Waals surface area (Å²) in [6, 6.07) is 0. The molecule has 0 heterocycles. The standard InChI is InChI=1S/C10H15.Li/c1-7-2-9-4-8(1)5-10(3-7)6-9;/h7-9H,1-6H2;. The van der Waals surface area contributed by atoms with Gasteiger partial charge in [-0.05, 0) is 0 Å². The van der Waals surface area contributed by atoms with Crippen LogP contribution < -0.4 is 0 Å². The molecular weight excluding hydrogens is 127 g/mol. The van der Waals surface area contributed by atoms with Crippen molar-refractivity contribution in [3.05, 3.63) is 0 Å². The number of rotatable bonds is 0. The number of hydrogen-bond acceptors (Lipinski definition) is 0. The average Bonchev–Trinajstić information content (AvgIpc) is 1.79. The summed E-state index contributed by atoms with van der Waals surface area (Å²) in [6.07, 6.45) is 9.48. The summed E-state index contributed by atoms with van der Waals surface area (Å²) in [4.78, 5) is 0. The van der Waals surface area contributed by atoms with Gasteiger partial charge in [0, 0.05) is 0 Å². The molecule has 0 unspecified atom stereocenters. The zero-order valence-corrected chi connectivity index (χ0v) is 7.47. The van der Waals surface area contributed by atoms with E-state index in [1.54, 1.807) is 38.5 Å². The van der Waals surface area contributed by atoms with Crippen LogP contribution in [-0.4, -0.2) is 17.7 Å². The Morgan fingerprint density at radius 1 is 0.818 bits per heavy atom. The molecule has 4 saturated carbocycles. The average molecular weight is 142 g/mol. The molecule has 0 aromatic heterocycles. The summed E-state index contributed by atoms with van der Waals surface area (Å²) in [5.41, 5.74) is 0. The van der Waals surface area contributed by atoms with Gasteiger partial charge in [0.2, 0.25) is 0 Å². The Hall–Kier alpha value is 0.597. The molecular formula is C10H15Li. The Labute approximate surface area is 78.3 Å². The second-order valence-corrected chi connectivity index (χ2v) is 5.73. The van der Waals surface area contributed by atoms with Crippen LogP contribution in [0.15, 0.2) is 0 Å². The molecule has 0 aromatic carbocycles. The van der Waals surface area contributed by atoms with Crippen LogP contribution in [0, 0.1) is 17.8 Å². The van der Waals surface area contributed by atoms with E-state index in [1.165, 1.54) is 0 Å². The molecule has 0 spiro atoms. The van der Waals surface area contributed by atoms with Gasteiger partial charge in [-0.25, -0.2) is 0 Å². The SMILES string of the molecule is [Li][C]12CC3CC(CC(C3)C1)C2. The molecule has 0 amide bonds. The minimum atomic E-state index is 0.800. The summed E-state index contributed by atoms with van der Waals surface area (Å²) >= 11 is 2.54. The van der Waals surface area contributed by atoms with Crippen LogP contribution in [-0.2, 0) is 0 Å². The van der Waals surface area contributed by atoms with Crippen molar-refractivity contribution in [2.24, 2.45) is 17.8 Å².